The van der Waals surface area contributed by atoms with Gasteiger partial charge >= 0.3 is 0 Å². The van der Waals surface area contributed by atoms with E-state index < -0.39 is 25.1 Å². The van der Waals surface area contributed by atoms with Crippen LogP contribution >= 0.6 is 14.3 Å². The zero-order valence-electron chi connectivity index (χ0n) is 36.8. The molecule has 2 aliphatic carbocycles. The molecule has 0 fully saturated rings. The first-order valence-corrected chi connectivity index (χ1v) is 26.1. The molecule has 10 aromatic rings. The summed E-state index contributed by atoms with van der Waals surface area (Å²) in [6, 6.07) is 84.2. The lowest BCUT2D eigenvalue weighted by Crippen LogP contribution is -2.31. The average molecular weight is 885 g/mol. The molecule has 4 heteroatoms. The third-order valence-electron chi connectivity index (χ3n) is 14.5. The average Bonchev–Trinajstić information content (AvgIpc) is 3.68. The summed E-state index contributed by atoms with van der Waals surface area (Å²) in [5.74, 6) is 0. The van der Waals surface area contributed by atoms with Crippen LogP contribution in [-0.2, 0) is 20.0 Å². The molecule has 0 heterocycles. The number of fused-ring (bicyclic) bond motifs is 5. The SMILES string of the molecule is CC1(C)c2cc3c(cc2-c2ccc(P(=O)(c4ccccc4)c4ccccc4)c4cccc1c24)C(c1ccccc1)(c1ccccc1)c1cc(P(=O)(c2ccccc2)c2ccccc2)ccc1-3. The Kier molecular flexibility index (Phi) is 9.34. The summed E-state index contributed by atoms with van der Waals surface area (Å²) in [6.45, 7) is 4.68. The number of hydrogen-bond acceptors (Lipinski definition) is 2. The van der Waals surface area contributed by atoms with Gasteiger partial charge in [0.2, 0.25) is 0 Å². The Morgan fingerprint density at radius 1 is 0.318 bits per heavy atom. The highest BCUT2D eigenvalue weighted by Gasteiger charge is 2.49. The van der Waals surface area contributed by atoms with E-state index in [1.165, 1.54) is 27.8 Å². The monoisotopic (exact) mass is 884 g/mol. The molecule has 0 unspecified atom stereocenters. The molecule has 316 valence electrons. The maximum absolute atomic E-state index is 16.2. The second-order valence-electron chi connectivity index (χ2n) is 18.2. The van der Waals surface area contributed by atoms with Crippen molar-refractivity contribution in [3.05, 3.63) is 276 Å². The van der Waals surface area contributed by atoms with Crippen molar-refractivity contribution in [2.75, 3.05) is 0 Å². The lowest BCUT2D eigenvalue weighted by molar-refractivity contribution is 0.591. The molecule has 10 aromatic carbocycles. The van der Waals surface area contributed by atoms with Crippen molar-refractivity contribution in [1.29, 1.82) is 0 Å². The summed E-state index contributed by atoms with van der Waals surface area (Å²) in [6.07, 6.45) is 0. The molecular weight excluding hydrogens is 839 g/mol. The number of hydrogen-bond donors (Lipinski definition) is 0. The van der Waals surface area contributed by atoms with Crippen molar-refractivity contribution in [3.8, 4) is 22.3 Å². The van der Waals surface area contributed by atoms with Crippen molar-refractivity contribution in [1.82, 2.24) is 0 Å². The smallest absolute Gasteiger partial charge is 0.171 e. The zero-order chi connectivity index (χ0) is 44.7. The largest absolute Gasteiger partial charge is 0.309 e. The molecule has 0 bridgehead atoms. The van der Waals surface area contributed by atoms with Crippen LogP contribution in [0, 0.1) is 0 Å². The maximum Gasteiger partial charge on any atom is 0.171 e. The van der Waals surface area contributed by atoms with Crippen molar-refractivity contribution >= 4 is 56.9 Å². The molecule has 0 aliphatic heterocycles. The standard InChI is InChI=1S/C62H46O2P2/c1-61(2)55-35-21-34-52-59(66(64,47-30-17-7-18-31-47)48-32-19-8-20-33-48)39-38-51(60(52)55)54-42-58-53(41-56(54)61)50-37-36-49(65(63,45-26-13-5-14-27-45)46-28-15-6-16-29-46)40-57(50)62(58,43-22-9-3-10-23-43)44-24-11-4-12-25-44/h3-42H,1-2H3. The minimum absolute atomic E-state index is 0.417. The Morgan fingerprint density at radius 3 is 1.26 bits per heavy atom. The van der Waals surface area contributed by atoms with E-state index in [1.54, 1.807) is 0 Å². The van der Waals surface area contributed by atoms with E-state index in [2.05, 4.69) is 135 Å². The van der Waals surface area contributed by atoms with E-state index in [4.69, 9.17) is 0 Å². The predicted octanol–water partition coefficient (Wildman–Crippen LogP) is 12.8. The summed E-state index contributed by atoms with van der Waals surface area (Å²) >= 11 is 0. The van der Waals surface area contributed by atoms with Gasteiger partial charge < -0.3 is 9.13 Å². The Bertz CT molecular complexity index is 3460. The van der Waals surface area contributed by atoms with Crippen LogP contribution in [-0.4, -0.2) is 0 Å². The lowest BCUT2D eigenvalue weighted by Gasteiger charge is -2.38. The van der Waals surface area contributed by atoms with Crippen LogP contribution in [0.4, 0.5) is 0 Å². The molecule has 0 aromatic heterocycles. The van der Waals surface area contributed by atoms with E-state index in [0.717, 1.165) is 70.4 Å². The van der Waals surface area contributed by atoms with Gasteiger partial charge in [0, 0.05) is 37.2 Å². The van der Waals surface area contributed by atoms with Gasteiger partial charge in [-0.3, -0.25) is 0 Å². The normalized spacial score (nSPS) is 14.3. The summed E-state index contributed by atoms with van der Waals surface area (Å²) < 4.78 is 32.3. The first kappa shape index (κ1) is 40.4. The van der Waals surface area contributed by atoms with Gasteiger partial charge in [-0.05, 0) is 90.7 Å². The van der Waals surface area contributed by atoms with Crippen LogP contribution in [0.15, 0.2) is 243 Å². The van der Waals surface area contributed by atoms with Gasteiger partial charge in [0.25, 0.3) is 0 Å². The van der Waals surface area contributed by atoms with Gasteiger partial charge in [0.05, 0.1) is 5.41 Å². The molecule has 0 atom stereocenters. The highest BCUT2D eigenvalue weighted by molar-refractivity contribution is 7.86. The fraction of sp³-hybridized carbons (Fsp3) is 0.0645. The van der Waals surface area contributed by atoms with Crippen molar-refractivity contribution in [2.45, 2.75) is 24.7 Å². The molecule has 0 N–H and O–H groups in total. The quantitative estimate of drug-likeness (QED) is 0.143. The van der Waals surface area contributed by atoms with E-state index in [0.29, 0.717) is 0 Å². The van der Waals surface area contributed by atoms with Crippen LogP contribution in [0.5, 0.6) is 0 Å². The highest BCUT2D eigenvalue weighted by Crippen LogP contribution is 2.61. The second-order valence-corrected chi connectivity index (χ2v) is 23.7. The van der Waals surface area contributed by atoms with Crippen LogP contribution in [0.25, 0.3) is 33.0 Å². The molecule has 0 saturated carbocycles. The van der Waals surface area contributed by atoms with Gasteiger partial charge in [-0.2, -0.15) is 0 Å². The van der Waals surface area contributed by atoms with Gasteiger partial charge in [-0.15, -0.1) is 0 Å². The molecular formula is C62H46O2P2. The highest BCUT2D eigenvalue weighted by atomic mass is 31.2. The molecule has 0 saturated heterocycles. The Hall–Kier alpha value is -7.08. The molecule has 2 aliphatic rings. The predicted molar refractivity (Wildman–Crippen MR) is 278 cm³/mol. The Labute approximate surface area is 387 Å². The fourth-order valence-corrected chi connectivity index (χ4v) is 17.0. The third-order valence-corrected chi connectivity index (χ3v) is 20.7. The van der Waals surface area contributed by atoms with Crippen molar-refractivity contribution in [3.63, 3.8) is 0 Å². The van der Waals surface area contributed by atoms with Crippen molar-refractivity contribution < 1.29 is 9.13 Å². The van der Waals surface area contributed by atoms with Crippen LogP contribution in [0.1, 0.15) is 47.2 Å². The molecule has 0 amide bonds. The summed E-state index contributed by atoms with van der Waals surface area (Å²) in [7, 11) is -6.65. The third kappa shape index (κ3) is 5.69. The minimum atomic E-state index is -3.34. The van der Waals surface area contributed by atoms with Gasteiger partial charge in [-0.25, -0.2) is 0 Å². The van der Waals surface area contributed by atoms with Gasteiger partial charge in [-0.1, -0.05) is 232 Å². The molecule has 66 heavy (non-hydrogen) atoms. The minimum Gasteiger partial charge on any atom is -0.309 e. The van der Waals surface area contributed by atoms with Crippen LogP contribution < -0.4 is 31.8 Å². The first-order chi connectivity index (χ1) is 32.3. The maximum atomic E-state index is 16.2. The topological polar surface area (TPSA) is 34.1 Å². The molecule has 0 spiro atoms. The number of benzene rings is 10. The van der Waals surface area contributed by atoms with Gasteiger partial charge in [0.1, 0.15) is 0 Å². The molecule has 12 rings (SSSR count). The summed E-state index contributed by atoms with van der Waals surface area (Å²) in [5.41, 5.74) is 10.5. The van der Waals surface area contributed by atoms with Crippen LogP contribution in [0.3, 0.4) is 0 Å². The number of rotatable bonds is 8. The van der Waals surface area contributed by atoms with E-state index in [9.17, 15) is 0 Å². The first-order valence-electron chi connectivity index (χ1n) is 22.7. The Morgan fingerprint density at radius 2 is 0.742 bits per heavy atom. The van der Waals surface area contributed by atoms with E-state index in [1.807, 2.05) is 121 Å². The zero-order valence-corrected chi connectivity index (χ0v) is 38.6. The summed E-state index contributed by atoms with van der Waals surface area (Å²) in [4.78, 5) is 0. The van der Waals surface area contributed by atoms with Crippen molar-refractivity contribution in [2.24, 2.45) is 0 Å². The second kappa shape index (κ2) is 15.3. The van der Waals surface area contributed by atoms with E-state index >= 15 is 9.13 Å². The van der Waals surface area contributed by atoms with E-state index in [-0.39, 0.29) is 0 Å². The Balaban J connectivity index is 1.16. The fourth-order valence-electron chi connectivity index (χ4n) is 11.4. The molecule has 2 nitrogen and oxygen atoms in total. The van der Waals surface area contributed by atoms with Crippen LogP contribution in [0.2, 0.25) is 0 Å². The van der Waals surface area contributed by atoms with Gasteiger partial charge in [0.15, 0.2) is 14.3 Å². The molecule has 0 radical (unpaired) electrons. The lowest BCUT2D eigenvalue weighted by atomic mass is 9.64. The summed E-state index contributed by atoms with van der Waals surface area (Å²) in [5, 5.41) is 7.08.